The molecule has 0 atom stereocenters. The summed E-state index contributed by atoms with van der Waals surface area (Å²) in [4.78, 5) is 4.79. The molecule has 0 unspecified atom stereocenters. The van der Waals surface area contributed by atoms with Crippen LogP contribution in [0.2, 0.25) is 0 Å². The van der Waals surface area contributed by atoms with Crippen molar-refractivity contribution in [3.63, 3.8) is 0 Å². The minimum absolute atomic E-state index is 0.109. The van der Waals surface area contributed by atoms with Crippen molar-refractivity contribution in [2.24, 2.45) is 0 Å². The van der Waals surface area contributed by atoms with E-state index in [1.165, 1.54) is 6.07 Å². The van der Waals surface area contributed by atoms with Crippen molar-refractivity contribution in [3.05, 3.63) is 72.6 Å². The molecule has 0 spiro atoms. The van der Waals surface area contributed by atoms with Crippen molar-refractivity contribution in [1.29, 1.82) is 0 Å². The van der Waals surface area contributed by atoms with Gasteiger partial charge in [-0.2, -0.15) is 8.75 Å². The number of nitrogens with zero attached hydrogens (tertiary/aromatic N) is 4. The molecule has 0 aliphatic carbocycles. The average Bonchev–Trinajstić information content (AvgIpc) is 3.35. The van der Waals surface area contributed by atoms with Crippen LogP contribution in [0.4, 0.5) is 5.69 Å². The third-order valence-electron chi connectivity index (χ3n) is 4.63. The molecule has 0 radical (unpaired) electrons. The summed E-state index contributed by atoms with van der Waals surface area (Å²) in [5, 5.41) is 0. The van der Waals surface area contributed by atoms with Gasteiger partial charge in [-0.25, -0.2) is 13.4 Å². The Morgan fingerprint density at radius 2 is 1.90 bits per heavy atom. The van der Waals surface area contributed by atoms with Crippen LogP contribution in [0.1, 0.15) is 5.56 Å². The normalized spacial score (nSPS) is 11.9. The highest BCUT2D eigenvalue weighted by Gasteiger charge is 2.20. The maximum absolute atomic E-state index is 13.0. The van der Waals surface area contributed by atoms with E-state index in [0.717, 1.165) is 34.2 Å². The number of aryl methyl sites for hydroxylation is 1. The van der Waals surface area contributed by atoms with Crippen LogP contribution in [0.5, 0.6) is 0 Å². The number of pyridine rings is 1. The first kappa shape index (κ1) is 17.8. The number of nitrogens with one attached hydrogen (secondary N) is 1. The largest absolute Gasteiger partial charge is 0.306 e. The van der Waals surface area contributed by atoms with Crippen molar-refractivity contribution < 1.29 is 8.42 Å². The minimum atomic E-state index is -3.81. The van der Waals surface area contributed by atoms with Gasteiger partial charge < -0.3 is 4.40 Å². The lowest BCUT2D eigenvalue weighted by atomic mass is 10.1. The molecule has 2 aromatic carbocycles. The summed E-state index contributed by atoms with van der Waals surface area (Å²) in [6.07, 6.45) is 3.87. The maximum Gasteiger partial charge on any atom is 0.264 e. The average molecular weight is 422 g/mol. The zero-order valence-corrected chi connectivity index (χ0v) is 16.9. The molecule has 0 aliphatic heterocycles. The second kappa shape index (κ2) is 6.64. The molecule has 3 heterocycles. The van der Waals surface area contributed by atoms with Crippen molar-refractivity contribution >= 4 is 44.1 Å². The Morgan fingerprint density at radius 3 is 2.76 bits per heavy atom. The Bertz CT molecular complexity index is 1470. The summed E-state index contributed by atoms with van der Waals surface area (Å²) >= 11 is 0.989. The molecule has 5 aromatic rings. The van der Waals surface area contributed by atoms with Gasteiger partial charge in [-0.15, -0.1) is 0 Å². The topological polar surface area (TPSA) is 89.2 Å². The second-order valence-electron chi connectivity index (χ2n) is 6.62. The molecule has 144 valence electrons. The molecule has 5 rings (SSSR count). The Balaban J connectivity index is 1.52. The van der Waals surface area contributed by atoms with E-state index < -0.39 is 10.0 Å². The first-order valence-corrected chi connectivity index (χ1v) is 11.0. The van der Waals surface area contributed by atoms with Gasteiger partial charge in [-0.1, -0.05) is 24.3 Å². The first-order valence-electron chi connectivity index (χ1n) is 8.80. The lowest BCUT2D eigenvalue weighted by molar-refractivity contribution is 0.602. The third-order valence-corrected chi connectivity index (χ3v) is 6.58. The zero-order valence-electron chi connectivity index (χ0n) is 15.3. The van der Waals surface area contributed by atoms with Crippen molar-refractivity contribution in [1.82, 2.24) is 18.1 Å². The number of aromatic nitrogens is 4. The fraction of sp³-hybridized carbons (Fsp3) is 0.0500. The monoisotopic (exact) mass is 421 g/mol. The Morgan fingerprint density at radius 1 is 1.03 bits per heavy atom. The van der Waals surface area contributed by atoms with E-state index in [9.17, 15) is 8.42 Å². The van der Waals surface area contributed by atoms with E-state index in [2.05, 4.69) is 18.5 Å². The highest BCUT2D eigenvalue weighted by atomic mass is 32.2. The van der Waals surface area contributed by atoms with Gasteiger partial charge in [-0.05, 0) is 42.8 Å². The predicted octanol–water partition coefficient (Wildman–Crippen LogP) is 4.12. The van der Waals surface area contributed by atoms with Crippen molar-refractivity contribution in [3.8, 4) is 11.3 Å². The summed E-state index contributed by atoms with van der Waals surface area (Å²) in [7, 11) is -3.81. The van der Waals surface area contributed by atoms with Gasteiger partial charge in [0.25, 0.3) is 10.0 Å². The Labute approximate surface area is 171 Å². The molecular formula is C20H15N5O2S2. The highest BCUT2D eigenvalue weighted by Crippen LogP contribution is 2.27. The highest BCUT2D eigenvalue weighted by molar-refractivity contribution is 7.93. The molecule has 3 aromatic heterocycles. The van der Waals surface area contributed by atoms with Gasteiger partial charge >= 0.3 is 0 Å². The summed E-state index contributed by atoms with van der Waals surface area (Å²) in [5.74, 6) is 0. The predicted molar refractivity (Wildman–Crippen MR) is 114 cm³/mol. The smallest absolute Gasteiger partial charge is 0.264 e. The van der Waals surface area contributed by atoms with Gasteiger partial charge in [0.1, 0.15) is 21.6 Å². The van der Waals surface area contributed by atoms with E-state index in [1.807, 2.05) is 41.9 Å². The molecule has 0 saturated heterocycles. The van der Waals surface area contributed by atoms with E-state index in [4.69, 9.17) is 0 Å². The summed E-state index contributed by atoms with van der Waals surface area (Å²) in [5.41, 5.74) is 4.92. The molecular weight excluding hydrogens is 406 g/mol. The standard InChI is InChI=1S/C20H15N5O2S2/c1-13-5-4-10-25-12-17(21-20(13)25)14-6-2-7-15(11-14)24-29(26,27)18-9-3-8-16-19(18)23-28-22-16/h2-12,24H,1H3. The fourth-order valence-corrected chi connectivity index (χ4v) is 5.06. The van der Waals surface area contributed by atoms with Gasteiger partial charge in [0.15, 0.2) is 0 Å². The zero-order chi connectivity index (χ0) is 20.0. The van der Waals surface area contributed by atoms with Crippen LogP contribution in [0, 0.1) is 6.92 Å². The number of hydrogen-bond donors (Lipinski definition) is 1. The van der Waals surface area contributed by atoms with Gasteiger partial charge in [0.05, 0.1) is 17.4 Å². The third kappa shape index (κ3) is 3.14. The van der Waals surface area contributed by atoms with Gasteiger partial charge in [0, 0.05) is 23.6 Å². The number of hydrogen-bond acceptors (Lipinski definition) is 6. The number of rotatable bonds is 4. The van der Waals surface area contributed by atoms with Gasteiger partial charge in [-0.3, -0.25) is 4.72 Å². The number of sulfonamides is 1. The van der Waals surface area contributed by atoms with Crippen molar-refractivity contribution in [2.45, 2.75) is 11.8 Å². The lowest BCUT2D eigenvalue weighted by Crippen LogP contribution is -2.13. The SMILES string of the molecule is Cc1cccn2cc(-c3cccc(NS(=O)(=O)c4cccc5nsnc45)c3)nc12. The van der Waals surface area contributed by atoms with Gasteiger partial charge in [0.2, 0.25) is 0 Å². The second-order valence-corrected chi connectivity index (χ2v) is 8.80. The lowest BCUT2D eigenvalue weighted by Gasteiger charge is -2.09. The quantitative estimate of drug-likeness (QED) is 0.472. The summed E-state index contributed by atoms with van der Waals surface area (Å²) in [6.45, 7) is 2.00. The minimum Gasteiger partial charge on any atom is -0.306 e. The van der Waals surface area contributed by atoms with Crippen LogP contribution >= 0.6 is 11.7 Å². The van der Waals surface area contributed by atoms with Crippen molar-refractivity contribution in [2.75, 3.05) is 4.72 Å². The molecule has 0 amide bonds. The Hall–Kier alpha value is -3.30. The first-order chi connectivity index (χ1) is 14.0. The van der Waals surface area contributed by atoms with E-state index >= 15 is 0 Å². The summed E-state index contributed by atoms with van der Waals surface area (Å²) in [6, 6.07) is 16.1. The van der Waals surface area contributed by atoms with Crippen LogP contribution in [-0.2, 0) is 10.0 Å². The molecule has 29 heavy (non-hydrogen) atoms. The Kier molecular flexibility index (Phi) is 4.07. The number of anilines is 1. The van der Waals surface area contributed by atoms with Crippen LogP contribution in [0.3, 0.4) is 0 Å². The van der Waals surface area contributed by atoms with Crippen LogP contribution < -0.4 is 4.72 Å². The van der Waals surface area contributed by atoms with E-state index in [1.54, 1.807) is 30.3 Å². The van der Waals surface area contributed by atoms with Crippen LogP contribution in [-0.4, -0.2) is 26.5 Å². The van der Waals surface area contributed by atoms with Crippen LogP contribution in [0.15, 0.2) is 71.9 Å². The summed E-state index contributed by atoms with van der Waals surface area (Å²) < 4.78 is 38.7. The molecule has 1 N–H and O–H groups in total. The molecule has 0 aliphatic rings. The molecule has 0 fully saturated rings. The molecule has 0 bridgehead atoms. The molecule has 9 heteroatoms. The fourth-order valence-electron chi connectivity index (χ4n) is 3.24. The number of benzene rings is 2. The van der Waals surface area contributed by atoms with Crippen LogP contribution in [0.25, 0.3) is 27.9 Å². The van der Waals surface area contributed by atoms with E-state index in [-0.39, 0.29) is 4.90 Å². The number of fused-ring (bicyclic) bond motifs is 2. The number of imidazole rings is 1. The molecule has 7 nitrogen and oxygen atoms in total. The van der Waals surface area contributed by atoms with E-state index in [0.29, 0.717) is 16.7 Å². The maximum atomic E-state index is 13.0. The molecule has 0 saturated carbocycles.